The average Bonchev–Trinajstić information content (AvgIpc) is 3.68. The van der Waals surface area contributed by atoms with Crippen LogP contribution in [0.3, 0.4) is 0 Å². The van der Waals surface area contributed by atoms with Crippen LogP contribution in [0.25, 0.3) is 10.9 Å². The van der Waals surface area contributed by atoms with E-state index in [1.54, 1.807) is 0 Å². The maximum absolute atomic E-state index is 12.3. The molecule has 1 saturated carbocycles. The highest BCUT2D eigenvalue weighted by molar-refractivity contribution is 5.88. The van der Waals surface area contributed by atoms with Crippen LogP contribution < -0.4 is 5.32 Å². The summed E-state index contributed by atoms with van der Waals surface area (Å²) < 4.78 is 8.32. The standard InChI is InChI=1S/C31H41N5O3/c37-31(38)27(26-8-1-9-29-28(26)19-33-36(29)20-22-10-11-22)14-18-39-25-7-4-17-35(21-25)16-3-6-24-13-12-23-5-2-15-32-30(23)34-24/h1,8-9,12-13,19,22,25,27H,2-7,10-11,14-18,20-21H2,(H,32,34)(H,37,38)/t25-,27+/m1/s1. The largest absolute Gasteiger partial charge is 0.481 e. The second-order valence-electron chi connectivity index (χ2n) is 11.6. The third kappa shape index (κ3) is 6.44. The molecule has 208 valence electrons. The van der Waals surface area contributed by atoms with E-state index in [2.05, 4.69) is 33.5 Å². The predicted molar refractivity (Wildman–Crippen MR) is 152 cm³/mol. The number of ether oxygens (including phenoxy) is 1. The molecular weight excluding hydrogens is 490 g/mol. The van der Waals surface area contributed by atoms with E-state index in [0.29, 0.717) is 18.9 Å². The number of aryl methyl sites for hydroxylation is 2. The fourth-order valence-corrected chi connectivity index (χ4v) is 6.23. The lowest BCUT2D eigenvalue weighted by Gasteiger charge is -2.32. The number of nitrogens with one attached hydrogen (secondary N) is 1. The predicted octanol–water partition coefficient (Wildman–Crippen LogP) is 4.87. The molecule has 39 heavy (non-hydrogen) atoms. The molecule has 2 aliphatic heterocycles. The van der Waals surface area contributed by atoms with Gasteiger partial charge in [0.15, 0.2) is 0 Å². The van der Waals surface area contributed by atoms with Crippen LogP contribution in [0, 0.1) is 5.92 Å². The molecule has 8 heteroatoms. The first kappa shape index (κ1) is 26.3. The second-order valence-corrected chi connectivity index (χ2v) is 11.6. The van der Waals surface area contributed by atoms with Gasteiger partial charge in [0.25, 0.3) is 0 Å². The van der Waals surface area contributed by atoms with Crippen molar-refractivity contribution in [2.24, 2.45) is 5.92 Å². The van der Waals surface area contributed by atoms with Crippen LogP contribution in [0.15, 0.2) is 36.5 Å². The molecule has 1 saturated heterocycles. The molecule has 4 heterocycles. The minimum Gasteiger partial charge on any atom is -0.481 e. The number of hydrogen-bond acceptors (Lipinski definition) is 6. The summed E-state index contributed by atoms with van der Waals surface area (Å²) in [4.78, 5) is 19.6. The SMILES string of the molecule is O=C(O)[C@@H](CCO[C@@H]1CCCN(CCCc2ccc3c(n2)NCCC3)C1)c1cccc2c1cnn2CC1CC1. The Hall–Kier alpha value is -2.97. The van der Waals surface area contributed by atoms with Gasteiger partial charge in [-0.15, -0.1) is 0 Å². The van der Waals surface area contributed by atoms with Crippen molar-refractivity contribution in [2.75, 3.05) is 38.1 Å². The number of carbonyl (C=O) groups is 1. The number of carboxylic acids is 1. The third-order valence-electron chi connectivity index (χ3n) is 8.60. The van der Waals surface area contributed by atoms with Gasteiger partial charge in [-0.25, -0.2) is 4.98 Å². The van der Waals surface area contributed by atoms with Gasteiger partial charge >= 0.3 is 5.97 Å². The lowest BCUT2D eigenvalue weighted by atomic mass is 9.93. The first-order valence-corrected chi connectivity index (χ1v) is 14.9. The van der Waals surface area contributed by atoms with Crippen molar-refractivity contribution in [3.05, 3.63) is 53.3 Å². The molecule has 1 aromatic carbocycles. The van der Waals surface area contributed by atoms with E-state index in [1.165, 1.54) is 30.5 Å². The van der Waals surface area contributed by atoms with Crippen LogP contribution in [-0.2, 0) is 28.9 Å². The van der Waals surface area contributed by atoms with E-state index in [1.807, 2.05) is 23.0 Å². The molecule has 0 bridgehead atoms. The highest BCUT2D eigenvalue weighted by atomic mass is 16.5. The number of likely N-dealkylation sites (tertiary alicyclic amines) is 1. The number of piperidine rings is 1. The molecule has 3 aliphatic rings. The van der Waals surface area contributed by atoms with Crippen molar-refractivity contribution in [2.45, 2.75) is 76.4 Å². The number of aromatic nitrogens is 3. The smallest absolute Gasteiger partial charge is 0.311 e. The van der Waals surface area contributed by atoms with Crippen LogP contribution >= 0.6 is 0 Å². The quantitative estimate of drug-likeness (QED) is 0.344. The lowest BCUT2D eigenvalue weighted by molar-refractivity contribution is -0.139. The van der Waals surface area contributed by atoms with Crippen molar-refractivity contribution < 1.29 is 14.6 Å². The second kappa shape index (κ2) is 12.0. The van der Waals surface area contributed by atoms with Crippen LogP contribution in [0.2, 0.25) is 0 Å². The Kier molecular flexibility index (Phi) is 8.11. The average molecular weight is 532 g/mol. The van der Waals surface area contributed by atoms with E-state index in [4.69, 9.17) is 9.72 Å². The highest BCUT2D eigenvalue weighted by Crippen LogP contribution is 2.33. The zero-order valence-corrected chi connectivity index (χ0v) is 22.9. The lowest BCUT2D eigenvalue weighted by Crippen LogP contribution is -2.40. The summed E-state index contributed by atoms with van der Waals surface area (Å²) in [5, 5.41) is 19.1. The molecule has 8 nitrogen and oxygen atoms in total. The van der Waals surface area contributed by atoms with Gasteiger partial charge < -0.3 is 20.1 Å². The summed E-state index contributed by atoms with van der Waals surface area (Å²) in [5.41, 5.74) is 4.39. The normalized spacial score (nSPS) is 20.5. The Morgan fingerprint density at radius 3 is 2.97 bits per heavy atom. The molecular formula is C31H41N5O3. The number of carboxylic acid groups (broad SMARTS) is 1. The molecule has 2 aromatic heterocycles. The maximum Gasteiger partial charge on any atom is 0.311 e. The Morgan fingerprint density at radius 1 is 1.18 bits per heavy atom. The molecule has 0 radical (unpaired) electrons. The van der Waals surface area contributed by atoms with Crippen molar-refractivity contribution in [3.8, 4) is 0 Å². The van der Waals surface area contributed by atoms with Gasteiger partial charge in [-0.1, -0.05) is 18.2 Å². The van der Waals surface area contributed by atoms with E-state index in [9.17, 15) is 9.90 Å². The number of aliphatic carboxylic acids is 1. The van der Waals surface area contributed by atoms with Crippen LogP contribution in [-0.4, -0.2) is 69.6 Å². The summed E-state index contributed by atoms with van der Waals surface area (Å²) in [6.45, 7) is 5.45. The van der Waals surface area contributed by atoms with Crippen molar-refractivity contribution in [1.29, 1.82) is 0 Å². The number of hydrogen-bond donors (Lipinski definition) is 2. The molecule has 0 amide bonds. The minimum absolute atomic E-state index is 0.163. The molecule has 2 fully saturated rings. The molecule has 2 atom stereocenters. The van der Waals surface area contributed by atoms with Crippen molar-refractivity contribution >= 4 is 22.7 Å². The Morgan fingerprint density at radius 2 is 2.10 bits per heavy atom. The Labute approximate surface area is 230 Å². The molecule has 1 aliphatic carbocycles. The molecule has 2 N–H and O–H groups in total. The third-order valence-corrected chi connectivity index (χ3v) is 8.60. The van der Waals surface area contributed by atoms with E-state index in [-0.39, 0.29) is 6.10 Å². The Balaban J connectivity index is 0.988. The number of anilines is 1. The minimum atomic E-state index is -0.794. The highest BCUT2D eigenvalue weighted by Gasteiger charge is 2.27. The number of nitrogens with zero attached hydrogens (tertiary/aromatic N) is 4. The van der Waals surface area contributed by atoms with Crippen LogP contribution in [0.1, 0.15) is 67.7 Å². The van der Waals surface area contributed by atoms with Gasteiger partial charge in [-0.05, 0) is 100 Å². The van der Waals surface area contributed by atoms with Crippen molar-refractivity contribution in [1.82, 2.24) is 19.7 Å². The van der Waals surface area contributed by atoms with Gasteiger partial charge in [0.05, 0.1) is 23.7 Å². The molecule has 3 aromatic rings. The maximum atomic E-state index is 12.3. The van der Waals surface area contributed by atoms with Gasteiger partial charge in [0, 0.05) is 37.3 Å². The van der Waals surface area contributed by atoms with Crippen molar-refractivity contribution in [3.63, 3.8) is 0 Å². The van der Waals surface area contributed by atoms with Gasteiger partial charge in [0.1, 0.15) is 5.82 Å². The van der Waals surface area contributed by atoms with E-state index < -0.39 is 11.9 Å². The number of pyridine rings is 1. The number of benzene rings is 1. The van der Waals surface area contributed by atoms with Crippen LogP contribution in [0.5, 0.6) is 0 Å². The fourth-order valence-electron chi connectivity index (χ4n) is 6.23. The molecule has 0 spiro atoms. The number of fused-ring (bicyclic) bond motifs is 2. The molecule has 0 unspecified atom stereocenters. The zero-order valence-electron chi connectivity index (χ0n) is 22.9. The van der Waals surface area contributed by atoms with E-state index in [0.717, 1.165) is 87.1 Å². The van der Waals surface area contributed by atoms with Gasteiger partial charge in [0.2, 0.25) is 0 Å². The Bertz CT molecular complexity index is 1290. The number of rotatable bonds is 12. The van der Waals surface area contributed by atoms with Gasteiger partial charge in [-0.3, -0.25) is 9.48 Å². The summed E-state index contributed by atoms with van der Waals surface area (Å²) in [6, 6.07) is 10.4. The van der Waals surface area contributed by atoms with Gasteiger partial charge in [-0.2, -0.15) is 5.10 Å². The monoisotopic (exact) mass is 531 g/mol. The van der Waals surface area contributed by atoms with Crippen LogP contribution in [0.4, 0.5) is 5.82 Å². The summed E-state index contributed by atoms with van der Waals surface area (Å²) in [5.74, 6) is 0.407. The van der Waals surface area contributed by atoms with E-state index >= 15 is 0 Å². The zero-order chi connectivity index (χ0) is 26.6. The summed E-state index contributed by atoms with van der Waals surface area (Å²) in [7, 11) is 0. The fraction of sp³-hybridized carbons (Fsp3) is 0.581. The first-order chi connectivity index (χ1) is 19.1. The summed E-state index contributed by atoms with van der Waals surface area (Å²) >= 11 is 0. The molecule has 6 rings (SSSR count). The topological polar surface area (TPSA) is 92.5 Å². The first-order valence-electron chi connectivity index (χ1n) is 14.9. The summed E-state index contributed by atoms with van der Waals surface area (Å²) in [6.07, 6.45) is 11.5.